The maximum absolute atomic E-state index is 11.8. The number of aryl methyl sites for hydroxylation is 1. The van der Waals surface area contributed by atoms with Crippen molar-refractivity contribution in [3.05, 3.63) is 31.4 Å². The number of hydrogen-bond donors (Lipinski definition) is 0. The molecule has 0 fully saturated rings. The lowest BCUT2D eigenvalue weighted by Gasteiger charge is -1.94. The summed E-state index contributed by atoms with van der Waals surface area (Å²) < 4.78 is 4.78. The van der Waals surface area contributed by atoms with Crippen molar-refractivity contribution in [3.63, 3.8) is 0 Å². The molecule has 0 aliphatic rings. The lowest BCUT2D eigenvalue weighted by Crippen LogP contribution is -2.01. The number of carbonyl (C=O) groups excluding carboxylic acids is 1. The zero-order chi connectivity index (χ0) is 10.8. The van der Waals surface area contributed by atoms with E-state index in [2.05, 4.69) is 25.5 Å². The van der Waals surface area contributed by atoms with Crippen LogP contribution in [0.15, 0.2) is 15.9 Å². The van der Waals surface area contributed by atoms with Crippen molar-refractivity contribution < 1.29 is 4.79 Å². The van der Waals surface area contributed by atoms with E-state index < -0.39 is 0 Å². The monoisotopic (exact) mass is 302 g/mol. The van der Waals surface area contributed by atoms with Gasteiger partial charge in [0.15, 0.2) is 5.78 Å². The summed E-state index contributed by atoms with van der Waals surface area (Å²) in [5, 5.41) is 5.80. The molecule has 0 saturated carbocycles. The summed E-state index contributed by atoms with van der Waals surface area (Å²) in [4.78, 5) is 13.5. The van der Waals surface area contributed by atoms with Crippen LogP contribution < -0.4 is 0 Å². The van der Waals surface area contributed by atoms with Crippen LogP contribution in [0.3, 0.4) is 0 Å². The Morgan fingerprint density at radius 1 is 1.60 bits per heavy atom. The highest BCUT2D eigenvalue weighted by molar-refractivity contribution is 9.10. The zero-order valence-electron chi connectivity index (χ0n) is 7.86. The number of hydrogen-bond acceptors (Lipinski definition) is 5. The number of Topliss-reactive ketones (excluding diaryl/α,β-unsaturated/α-hetero) is 1. The number of nitrogens with zero attached hydrogens (tertiary/aromatic N) is 2. The van der Waals surface area contributed by atoms with Gasteiger partial charge in [0.2, 0.25) is 0 Å². The van der Waals surface area contributed by atoms with Gasteiger partial charge in [-0.25, -0.2) is 0 Å². The third kappa shape index (κ3) is 2.50. The fourth-order valence-corrected chi connectivity index (χ4v) is 3.21. The summed E-state index contributed by atoms with van der Waals surface area (Å²) in [6.45, 7) is 1.81. The lowest BCUT2D eigenvalue weighted by molar-refractivity contribution is 0.0997. The first-order valence-corrected chi connectivity index (χ1v) is 6.66. The van der Waals surface area contributed by atoms with Crippen LogP contribution in [0.5, 0.6) is 0 Å². The smallest absolute Gasteiger partial charge is 0.181 e. The van der Waals surface area contributed by atoms with Gasteiger partial charge >= 0.3 is 0 Å². The zero-order valence-corrected chi connectivity index (χ0v) is 11.1. The molecule has 15 heavy (non-hydrogen) atoms. The maximum Gasteiger partial charge on any atom is 0.181 e. The predicted octanol–water partition coefficient (Wildman–Crippen LogP) is 3.10. The predicted molar refractivity (Wildman–Crippen MR) is 64.7 cm³/mol. The molecular formula is C9H7BrN2OS2. The van der Waals surface area contributed by atoms with Crippen molar-refractivity contribution in [2.45, 2.75) is 13.3 Å². The van der Waals surface area contributed by atoms with Crippen molar-refractivity contribution in [1.82, 2.24) is 9.59 Å². The fourth-order valence-electron chi connectivity index (χ4n) is 1.17. The highest BCUT2D eigenvalue weighted by atomic mass is 79.9. The fraction of sp³-hybridized carbons (Fsp3) is 0.222. The molecule has 0 aliphatic heterocycles. The summed E-state index contributed by atoms with van der Waals surface area (Å²) in [5.41, 5.74) is 0.723. The van der Waals surface area contributed by atoms with Gasteiger partial charge in [0.25, 0.3) is 0 Å². The molecule has 0 amide bonds. The molecule has 0 unspecified atom stereocenters. The highest BCUT2D eigenvalue weighted by Crippen LogP contribution is 2.22. The van der Waals surface area contributed by atoms with Crippen LogP contribution in [0.25, 0.3) is 0 Å². The van der Waals surface area contributed by atoms with Crippen molar-refractivity contribution in [1.29, 1.82) is 0 Å². The van der Waals surface area contributed by atoms with Gasteiger partial charge in [-0.1, -0.05) is 4.49 Å². The van der Waals surface area contributed by atoms with Crippen LogP contribution in [-0.2, 0) is 6.42 Å². The minimum absolute atomic E-state index is 0.0943. The van der Waals surface area contributed by atoms with Crippen molar-refractivity contribution >= 4 is 44.6 Å². The standard InChI is InChI=1S/C9H7BrN2OS2/c1-5-9(15-12-11-5)8(13)3-7-2-6(10)4-14-7/h2,4H,3H2,1H3. The molecule has 2 aromatic rings. The van der Waals surface area contributed by atoms with E-state index in [1.54, 1.807) is 18.3 Å². The molecule has 0 aliphatic carbocycles. The van der Waals surface area contributed by atoms with E-state index in [1.807, 2.05) is 11.4 Å². The molecule has 0 spiro atoms. The third-order valence-electron chi connectivity index (χ3n) is 1.86. The number of aromatic nitrogens is 2. The number of carbonyl (C=O) groups is 1. The second-order valence-corrected chi connectivity index (χ2v) is 5.68. The van der Waals surface area contributed by atoms with E-state index in [0.29, 0.717) is 11.3 Å². The molecule has 2 aromatic heterocycles. The summed E-state index contributed by atoms with van der Waals surface area (Å²) >= 11 is 6.11. The molecule has 3 nitrogen and oxygen atoms in total. The van der Waals surface area contributed by atoms with Gasteiger partial charge in [0.05, 0.1) is 5.69 Å². The van der Waals surface area contributed by atoms with Crippen LogP contribution in [0.1, 0.15) is 20.2 Å². The van der Waals surface area contributed by atoms with E-state index in [9.17, 15) is 4.79 Å². The molecule has 0 radical (unpaired) electrons. The molecule has 2 rings (SSSR count). The molecule has 6 heteroatoms. The Labute approximate surface area is 103 Å². The van der Waals surface area contributed by atoms with Crippen molar-refractivity contribution in [2.75, 3.05) is 0 Å². The van der Waals surface area contributed by atoms with Gasteiger partial charge in [-0.05, 0) is 40.5 Å². The van der Waals surface area contributed by atoms with Crippen molar-refractivity contribution in [2.24, 2.45) is 0 Å². The third-order valence-corrected chi connectivity index (χ3v) is 4.43. The van der Waals surface area contributed by atoms with E-state index in [1.165, 1.54) is 11.5 Å². The van der Waals surface area contributed by atoms with Gasteiger partial charge in [0, 0.05) is 21.2 Å². The molecule has 0 saturated heterocycles. The normalized spacial score (nSPS) is 10.5. The minimum Gasteiger partial charge on any atom is -0.293 e. The average molecular weight is 303 g/mol. The molecule has 0 N–H and O–H groups in total. The number of rotatable bonds is 3. The SMILES string of the molecule is Cc1nnsc1C(=O)Cc1cc(Br)cs1. The van der Waals surface area contributed by atoms with E-state index >= 15 is 0 Å². The van der Waals surface area contributed by atoms with Gasteiger partial charge in [0.1, 0.15) is 4.88 Å². The van der Waals surface area contributed by atoms with Gasteiger partial charge in [-0.2, -0.15) is 0 Å². The number of ketones is 1. The summed E-state index contributed by atoms with van der Waals surface area (Å²) in [7, 11) is 0. The number of thiophene rings is 1. The van der Waals surface area contributed by atoms with E-state index in [0.717, 1.165) is 15.0 Å². The summed E-state index contributed by atoms with van der Waals surface area (Å²) in [5.74, 6) is 0.0943. The molecular weight excluding hydrogens is 296 g/mol. The van der Waals surface area contributed by atoms with Crippen molar-refractivity contribution in [3.8, 4) is 0 Å². The van der Waals surface area contributed by atoms with Crippen LogP contribution in [-0.4, -0.2) is 15.4 Å². The van der Waals surface area contributed by atoms with Crippen LogP contribution in [0, 0.1) is 6.92 Å². The Bertz CT molecular complexity index is 492. The quantitative estimate of drug-likeness (QED) is 0.818. The number of halogens is 1. The first-order chi connectivity index (χ1) is 7.16. The molecule has 0 aromatic carbocycles. The molecule has 0 bridgehead atoms. The maximum atomic E-state index is 11.8. The Morgan fingerprint density at radius 3 is 2.93 bits per heavy atom. The first kappa shape index (κ1) is 10.9. The topological polar surface area (TPSA) is 42.9 Å². The first-order valence-electron chi connectivity index (χ1n) is 4.22. The summed E-state index contributed by atoms with van der Waals surface area (Å²) in [6, 6.07) is 1.96. The molecule has 2 heterocycles. The van der Waals surface area contributed by atoms with Crippen LogP contribution in [0.4, 0.5) is 0 Å². The van der Waals surface area contributed by atoms with Crippen LogP contribution >= 0.6 is 38.8 Å². The van der Waals surface area contributed by atoms with Gasteiger partial charge in [-0.15, -0.1) is 16.4 Å². The Hall–Kier alpha value is -0.590. The molecule has 78 valence electrons. The lowest BCUT2D eigenvalue weighted by atomic mass is 10.2. The van der Waals surface area contributed by atoms with Crippen LogP contribution in [0.2, 0.25) is 0 Å². The Morgan fingerprint density at radius 2 is 2.40 bits per heavy atom. The Kier molecular flexibility index (Phi) is 3.28. The average Bonchev–Trinajstić information content (AvgIpc) is 2.75. The second kappa shape index (κ2) is 4.51. The minimum atomic E-state index is 0.0943. The summed E-state index contributed by atoms with van der Waals surface area (Å²) in [6.07, 6.45) is 0.432. The second-order valence-electron chi connectivity index (χ2n) is 3.02. The van der Waals surface area contributed by atoms with Gasteiger partial charge < -0.3 is 0 Å². The van der Waals surface area contributed by atoms with E-state index in [4.69, 9.17) is 0 Å². The Balaban J connectivity index is 2.14. The molecule has 0 atom stereocenters. The van der Waals surface area contributed by atoms with Gasteiger partial charge in [-0.3, -0.25) is 4.79 Å². The largest absolute Gasteiger partial charge is 0.293 e. The van der Waals surface area contributed by atoms with E-state index in [-0.39, 0.29) is 5.78 Å². The highest BCUT2D eigenvalue weighted by Gasteiger charge is 2.14.